The summed E-state index contributed by atoms with van der Waals surface area (Å²) in [5, 5.41) is 5.44. The van der Waals surface area contributed by atoms with E-state index in [0.29, 0.717) is 6.61 Å². The van der Waals surface area contributed by atoms with Crippen molar-refractivity contribution in [1.29, 1.82) is 0 Å². The molecule has 20 heavy (non-hydrogen) atoms. The predicted molar refractivity (Wildman–Crippen MR) is 83.0 cm³/mol. The maximum absolute atomic E-state index is 5.62. The molecule has 0 amide bonds. The maximum Gasteiger partial charge on any atom is 0.151 e. The number of thiophene rings is 1. The summed E-state index contributed by atoms with van der Waals surface area (Å²) in [6.45, 7) is 4.67. The van der Waals surface area contributed by atoms with Crippen molar-refractivity contribution in [2.24, 2.45) is 0 Å². The highest BCUT2D eigenvalue weighted by Crippen LogP contribution is 2.33. The summed E-state index contributed by atoms with van der Waals surface area (Å²) in [5.41, 5.74) is 3.09. The fraction of sp³-hybridized carbons (Fsp3) is 0.200. The van der Waals surface area contributed by atoms with Gasteiger partial charge in [-0.05, 0) is 36.9 Å². The lowest BCUT2D eigenvalue weighted by atomic mass is 10.2. The Morgan fingerprint density at radius 2 is 2.10 bits per heavy atom. The van der Waals surface area contributed by atoms with Crippen molar-refractivity contribution in [3.8, 4) is 5.75 Å². The van der Waals surface area contributed by atoms with Crippen LogP contribution in [0.5, 0.6) is 5.75 Å². The Bertz CT molecular complexity index is 739. The van der Waals surface area contributed by atoms with E-state index < -0.39 is 0 Å². The van der Waals surface area contributed by atoms with E-state index in [4.69, 9.17) is 4.74 Å². The van der Waals surface area contributed by atoms with Crippen LogP contribution in [-0.2, 0) is 0 Å². The molecule has 3 aromatic rings. The summed E-state index contributed by atoms with van der Waals surface area (Å²) in [4.78, 5) is 8.68. The molecule has 0 aliphatic heterocycles. The molecule has 0 unspecified atom stereocenters. The van der Waals surface area contributed by atoms with Crippen molar-refractivity contribution in [2.75, 3.05) is 11.9 Å². The van der Waals surface area contributed by atoms with Crippen molar-refractivity contribution in [3.05, 3.63) is 41.5 Å². The van der Waals surface area contributed by atoms with E-state index in [0.717, 1.165) is 27.5 Å². The normalized spacial score (nSPS) is 10.7. The van der Waals surface area contributed by atoms with E-state index in [-0.39, 0.29) is 0 Å². The van der Waals surface area contributed by atoms with Crippen molar-refractivity contribution in [1.82, 2.24) is 9.97 Å². The number of aromatic nitrogens is 2. The van der Waals surface area contributed by atoms with Gasteiger partial charge in [0.25, 0.3) is 0 Å². The van der Waals surface area contributed by atoms with Crippen LogP contribution in [0.2, 0.25) is 0 Å². The lowest BCUT2D eigenvalue weighted by Crippen LogP contribution is -1.99. The minimum Gasteiger partial charge on any atom is -0.492 e. The third-order valence-corrected chi connectivity index (χ3v) is 4.06. The van der Waals surface area contributed by atoms with Gasteiger partial charge in [0.2, 0.25) is 0 Å². The fourth-order valence-corrected chi connectivity index (χ4v) is 2.98. The van der Waals surface area contributed by atoms with E-state index in [1.165, 1.54) is 5.56 Å². The van der Waals surface area contributed by atoms with Crippen LogP contribution in [0.3, 0.4) is 0 Å². The number of rotatable bonds is 4. The van der Waals surface area contributed by atoms with E-state index in [9.17, 15) is 0 Å². The van der Waals surface area contributed by atoms with Crippen LogP contribution >= 0.6 is 11.3 Å². The quantitative estimate of drug-likeness (QED) is 0.782. The highest BCUT2D eigenvalue weighted by Gasteiger charge is 2.10. The molecule has 0 fully saturated rings. The first kappa shape index (κ1) is 12.9. The molecular weight excluding hydrogens is 270 g/mol. The van der Waals surface area contributed by atoms with E-state index in [1.807, 2.05) is 31.2 Å². The monoisotopic (exact) mass is 285 g/mol. The van der Waals surface area contributed by atoms with Gasteiger partial charge in [-0.25, -0.2) is 9.97 Å². The van der Waals surface area contributed by atoms with E-state index in [1.54, 1.807) is 17.7 Å². The van der Waals surface area contributed by atoms with Crippen LogP contribution in [0.25, 0.3) is 10.2 Å². The van der Waals surface area contributed by atoms with Gasteiger partial charge in [0.05, 0.1) is 22.5 Å². The molecule has 4 nitrogen and oxygen atoms in total. The van der Waals surface area contributed by atoms with Crippen LogP contribution in [-0.4, -0.2) is 16.6 Å². The lowest BCUT2D eigenvalue weighted by Gasteiger charge is -2.11. The Balaban J connectivity index is 2.01. The summed E-state index contributed by atoms with van der Waals surface area (Å²) in [6, 6.07) is 7.87. The molecule has 102 valence electrons. The first-order valence-corrected chi connectivity index (χ1v) is 7.35. The van der Waals surface area contributed by atoms with Crippen molar-refractivity contribution >= 4 is 33.1 Å². The number of aryl methyl sites for hydroxylation is 1. The van der Waals surface area contributed by atoms with Gasteiger partial charge in [-0.3, -0.25) is 0 Å². The van der Waals surface area contributed by atoms with Gasteiger partial charge in [-0.15, -0.1) is 11.3 Å². The summed E-state index contributed by atoms with van der Waals surface area (Å²) in [5.74, 6) is 1.65. The number of benzene rings is 1. The molecule has 0 aliphatic carbocycles. The molecule has 2 heterocycles. The summed E-state index contributed by atoms with van der Waals surface area (Å²) < 4.78 is 6.69. The minimum atomic E-state index is 0.635. The molecule has 0 radical (unpaired) electrons. The zero-order valence-electron chi connectivity index (χ0n) is 11.4. The van der Waals surface area contributed by atoms with Crippen LogP contribution in [0.1, 0.15) is 12.5 Å². The first-order chi connectivity index (χ1) is 9.79. The molecular formula is C15H15N3OS. The summed E-state index contributed by atoms with van der Waals surface area (Å²) in [7, 11) is 0. The van der Waals surface area contributed by atoms with Gasteiger partial charge >= 0.3 is 0 Å². The maximum atomic E-state index is 5.62. The second-order valence-corrected chi connectivity index (χ2v) is 5.25. The molecule has 0 saturated heterocycles. The van der Waals surface area contributed by atoms with Gasteiger partial charge in [-0.2, -0.15) is 0 Å². The molecule has 3 rings (SSSR count). The Kier molecular flexibility index (Phi) is 3.52. The number of para-hydroxylation sites is 2. The highest BCUT2D eigenvalue weighted by atomic mass is 32.1. The van der Waals surface area contributed by atoms with E-state index in [2.05, 4.69) is 27.6 Å². The smallest absolute Gasteiger partial charge is 0.151 e. The highest BCUT2D eigenvalue weighted by molar-refractivity contribution is 7.18. The van der Waals surface area contributed by atoms with Crippen LogP contribution in [0.15, 0.2) is 36.0 Å². The molecule has 1 aromatic carbocycles. The molecule has 1 N–H and O–H groups in total. The molecule has 0 atom stereocenters. The van der Waals surface area contributed by atoms with Crippen molar-refractivity contribution in [2.45, 2.75) is 13.8 Å². The Morgan fingerprint density at radius 3 is 2.95 bits per heavy atom. The van der Waals surface area contributed by atoms with E-state index >= 15 is 0 Å². The topological polar surface area (TPSA) is 47.0 Å². The molecule has 0 spiro atoms. The van der Waals surface area contributed by atoms with Gasteiger partial charge in [0.15, 0.2) is 5.82 Å². The Labute approximate surface area is 121 Å². The number of fused-ring (bicyclic) bond motifs is 1. The molecule has 5 heteroatoms. The number of hydrogen-bond donors (Lipinski definition) is 1. The second-order valence-electron chi connectivity index (χ2n) is 4.37. The predicted octanol–water partition coefficient (Wildman–Crippen LogP) is 4.14. The second kappa shape index (κ2) is 5.46. The SMILES string of the molecule is CCOc1ccccc1Nc1ncnc2c(C)csc12. The Morgan fingerprint density at radius 1 is 1.25 bits per heavy atom. The number of nitrogens with zero attached hydrogens (tertiary/aromatic N) is 2. The average molecular weight is 285 g/mol. The standard InChI is InChI=1S/C15H15N3OS/c1-3-19-12-7-5-4-6-11(12)18-15-14-13(16-9-17-15)10(2)8-20-14/h4-9H,3H2,1-2H3,(H,16,17,18). The van der Waals surface area contributed by atoms with Crippen LogP contribution < -0.4 is 10.1 Å². The Hall–Kier alpha value is -2.14. The largest absolute Gasteiger partial charge is 0.492 e. The number of nitrogens with one attached hydrogen (secondary N) is 1. The van der Waals surface area contributed by atoms with Crippen LogP contribution in [0.4, 0.5) is 11.5 Å². The number of hydrogen-bond acceptors (Lipinski definition) is 5. The number of ether oxygens (including phenoxy) is 1. The minimum absolute atomic E-state index is 0.635. The zero-order chi connectivity index (χ0) is 13.9. The zero-order valence-corrected chi connectivity index (χ0v) is 12.2. The van der Waals surface area contributed by atoms with Crippen molar-refractivity contribution in [3.63, 3.8) is 0 Å². The third-order valence-electron chi connectivity index (χ3n) is 2.97. The lowest BCUT2D eigenvalue weighted by molar-refractivity contribution is 0.342. The number of anilines is 2. The van der Waals surface area contributed by atoms with Gasteiger partial charge < -0.3 is 10.1 Å². The molecule has 0 aliphatic rings. The molecule has 2 aromatic heterocycles. The van der Waals surface area contributed by atoms with Gasteiger partial charge in [-0.1, -0.05) is 12.1 Å². The molecule has 0 saturated carbocycles. The summed E-state index contributed by atoms with van der Waals surface area (Å²) in [6.07, 6.45) is 1.59. The average Bonchev–Trinajstić information content (AvgIpc) is 2.84. The van der Waals surface area contributed by atoms with Crippen molar-refractivity contribution < 1.29 is 4.74 Å². The fourth-order valence-electron chi connectivity index (χ4n) is 2.04. The van der Waals surface area contributed by atoms with Gasteiger partial charge in [0.1, 0.15) is 12.1 Å². The van der Waals surface area contributed by atoms with Crippen LogP contribution in [0, 0.1) is 6.92 Å². The molecule has 0 bridgehead atoms. The summed E-state index contributed by atoms with van der Waals surface area (Å²) >= 11 is 1.65. The first-order valence-electron chi connectivity index (χ1n) is 6.47. The van der Waals surface area contributed by atoms with Gasteiger partial charge in [0, 0.05) is 0 Å². The third kappa shape index (κ3) is 2.32.